The average Bonchev–Trinajstić information content (AvgIpc) is 3.29. The normalized spacial score (nSPS) is 22.0. The largest absolute Gasteiger partial charge is 0.495 e. The SMILES string of the molecule is COc1cc(C2(N)N=C(N(C)C)C3=C(N2)C(c2ccccc2)COC3)ccc1-n1cnc(Cl)c1. The van der Waals surface area contributed by atoms with Crippen LogP contribution in [0.2, 0.25) is 5.15 Å². The molecule has 0 aliphatic carbocycles. The van der Waals surface area contributed by atoms with Gasteiger partial charge in [0.05, 0.1) is 26.0 Å². The van der Waals surface area contributed by atoms with Gasteiger partial charge in [0.2, 0.25) is 5.79 Å². The van der Waals surface area contributed by atoms with Crippen LogP contribution in [0.1, 0.15) is 17.0 Å². The molecule has 9 heteroatoms. The molecule has 3 aromatic rings. The molecule has 0 amide bonds. The molecule has 2 aliphatic heterocycles. The van der Waals surface area contributed by atoms with Gasteiger partial charge in [0, 0.05) is 43.0 Å². The Morgan fingerprint density at radius 3 is 2.71 bits per heavy atom. The topological polar surface area (TPSA) is 89.9 Å². The number of aliphatic imine (C=N–C) groups is 1. The average molecular weight is 479 g/mol. The molecule has 2 aromatic carbocycles. The van der Waals surface area contributed by atoms with Crippen molar-refractivity contribution in [3.05, 3.63) is 88.6 Å². The van der Waals surface area contributed by atoms with E-state index < -0.39 is 5.79 Å². The third-order valence-electron chi connectivity index (χ3n) is 6.16. The second kappa shape index (κ2) is 8.79. The van der Waals surface area contributed by atoms with Crippen molar-refractivity contribution in [3.63, 3.8) is 0 Å². The quantitative estimate of drug-likeness (QED) is 0.598. The number of methoxy groups -OCH3 is 1. The minimum atomic E-state index is -1.19. The maximum Gasteiger partial charge on any atom is 0.211 e. The van der Waals surface area contributed by atoms with E-state index in [0.717, 1.165) is 33.9 Å². The summed E-state index contributed by atoms with van der Waals surface area (Å²) in [4.78, 5) is 11.0. The number of nitrogens with one attached hydrogen (secondary N) is 1. The molecule has 2 unspecified atom stereocenters. The van der Waals surface area contributed by atoms with Crippen LogP contribution < -0.4 is 15.8 Å². The zero-order chi connectivity index (χ0) is 23.9. The molecule has 0 saturated carbocycles. The summed E-state index contributed by atoms with van der Waals surface area (Å²) in [5.74, 6) is 0.251. The highest BCUT2D eigenvalue weighted by Gasteiger charge is 2.40. The number of hydrogen-bond acceptors (Lipinski definition) is 7. The molecule has 0 saturated heterocycles. The number of halogens is 1. The lowest BCUT2D eigenvalue weighted by atomic mass is 9.89. The summed E-state index contributed by atoms with van der Waals surface area (Å²) in [6.45, 7) is 1.04. The molecule has 34 heavy (non-hydrogen) atoms. The fourth-order valence-electron chi connectivity index (χ4n) is 4.48. The Morgan fingerprint density at radius 1 is 1.24 bits per heavy atom. The van der Waals surface area contributed by atoms with Crippen molar-refractivity contribution in [2.45, 2.75) is 11.7 Å². The fraction of sp³-hybridized carbons (Fsp3) is 0.280. The Hall–Kier alpha value is -3.33. The first-order valence-electron chi connectivity index (χ1n) is 11.0. The Morgan fingerprint density at radius 2 is 2.03 bits per heavy atom. The first-order valence-corrected chi connectivity index (χ1v) is 11.4. The Bertz CT molecular complexity index is 1270. The number of nitrogens with two attached hydrogens (primary N) is 1. The highest BCUT2D eigenvalue weighted by molar-refractivity contribution is 6.29. The van der Waals surface area contributed by atoms with Crippen molar-refractivity contribution in [1.29, 1.82) is 0 Å². The van der Waals surface area contributed by atoms with Gasteiger partial charge < -0.3 is 24.3 Å². The van der Waals surface area contributed by atoms with Crippen LogP contribution in [0.3, 0.4) is 0 Å². The number of amidine groups is 1. The molecule has 8 nitrogen and oxygen atoms in total. The van der Waals surface area contributed by atoms with E-state index in [9.17, 15) is 0 Å². The summed E-state index contributed by atoms with van der Waals surface area (Å²) in [6.07, 6.45) is 3.37. The van der Waals surface area contributed by atoms with E-state index in [4.69, 9.17) is 31.8 Å². The van der Waals surface area contributed by atoms with Crippen molar-refractivity contribution in [3.8, 4) is 11.4 Å². The van der Waals surface area contributed by atoms with Gasteiger partial charge in [-0.05, 0) is 17.7 Å². The van der Waals surface area contributed by atoms with E-state index in [2.05, 4.69) is 22.4 Å². The van der Waals surface area contributed by atoms with E-state index in [0.29, 0.717) is 24.1 Å². The van der Waals surface area contributed by atoms with Crippen LogP contribution in [-0.2, 0) is 10.5 Å². The van der Waals surface area contributed by atoms with E-state index in [1.165, 1.54) is 0 Å². The number of aromatic nitrogens is 2. The first-order chi connectivity index (χ1) is 16.4. The van der Waals surface area contributed by atoms with Gasteiger partial charge in [0.15, 0.2) is 0 Å². The fourth-order valence-corrected chi connectivity index (χ4v) is 4.63. The van der Waals surface area contributed by atoms with Crippen molar-refractivity contribution in [1.82, 2.24) is 19.8 Å². The lowest BCUT2D eigenvalue weighted by Crippen LogP contribution is -2.55. The summed E-state index contributed by atoms with van der Waals surface area (Å²) < 4.78 is 13.5. The molecule has 0 spiro atoms. The van der Waals surface area contributed by atoms with Crippen molar-refractivity contribution in [2.24, 2.45) is 10.7 Å². The minimum Gasteiger partial charge on any atom is -0.495 e. The summed E-state index contributed by atoms with van der Waals surface area (Å²) in [6, 6.07) is 16.1. The molecule has 3 heterocycles. The molecule has 0 radical (unpaired) electrons. The lowest BCUT2D eigenvalue weighted by Gasteiger charge is -2.42. The lowest BCUT2D eigenvalue weighted by molar-refractivity contribution is 0.127. The van der Waals surface area contributed by atoms with Gasteiger partial charge >= 0.3 is 0 Å². The van der Waals surface area contributed by atoms with E-state index >= 15 is 0 Å². The molecule has 0 bridgehead atoms. The summed E-state index contributed by atoms with van der Waals surface area (Å²) >= 11 is 6.02. The first kappa shape index (κ1) is 22.5. The zero-order valence-corrected chi connectivity index (χ0v) is 20.1. The Balaban J connectivity index is 1.59. The maximum atomic E-state index is 6.98. The molecule has 2 aliphatic rings. The number of nitrogens with zero attached hydrogens (tertiary/aromatic N) is 4. The number of benzene rings is 2. The highest BCUT2D eigenvalue weighted by Crippen LogP contribution is 2.37. The standard InChI is InChI=1S/C25H27ClN6O2/c1-31(2)24-19-14-34-13-18(16-7-5-4-6-8-16)23(19)29-25(27,30-24)17-9-10-20(21(11-17)33-3)32-12-22(26)28-15-32/h4-12,15,18,29H,13-14,27H2,1-3H3. The third kappa shape index (κ3) is 3.94. The number of ether oxygens (including phenoxy) is 2. The van der Waals surface area contributed by atoms with Crippen LogP contribution in [0, 0.1) is 0 Å². The van der Waals surface area contributed by atoms with Gasteiger partial charge in [0.25, 0.3) is 0 Å². The van der Waals surface area contributed by atoms with Gasteiger partial charge in [-0.15, -0.1) is 0 Å². The summed E-state index contributed by atoms with van der Waals surface area (Å²) in [5.41, 5.74) is 11.8. The van der Waals surface area contributed by atoms with Crippen LogP contribution in [0.5, 0.6) is 5.75 Å². The van der Waals surface area contributed by atoms with Crippen LogP contribution in [0.4, 0.5) is 0 Å². The predicted molar refractivity (Wildman–Crippen MR) is 132 cm³/mol. The van der Waals surface area contributed by atoms with Gasteiger partial charge in [0.1, 0.15) is 23.1 Å². The molecule has 3 N–H and O–H groups in total. The van der Waals surface area contributed by atoms with Crippen molar-refractivity contribution < 1.29 is 9.47 Å². The minimum absolute atomic E-state index is 0.0209. The van der Waals surface area contributed by atoms with Gasteiger partial charge in [-0.3, -0.25) is 5.73 Å². The number of likely N-dealkylation sites (N-methyl/N-ethyl adjacent to an activating group) is 1. The smallest absolute Gasteiger partial charge is 0.211 e. The van der Waals surface area contributed by atoms with E-state index in [1.54, 1.807) is 19.6 Å². The van der Waals surface area contributed by atoms with Crippen LogP contribution >= 0.6 is 11.6 Å². The molecular weight excluding hydrogens is 452 g/mol. The molecule has 1 aromatic heterocycles. The van der Waals surface area contributed by atoms with Crippen molar-refractivity contribution in [2.75, 3.05) is 34.4 Å². The van der Waals surface area contributed by atoms with Gasteiger partial charge in [-0.2, -0.15) is 0 Å². The Kier molecular flexibility index (Phi) is 5.81. The monoisotopic (exact) mass is 478 g/mol. The van der Waals surface area contributed by atoms with Gasteiger partial charge in [-0.25, -0.2) is 9.98 Å². The molecular formula is C25H27ClN6O2. The van der Waals surface area contributed by atoms with E-state index in [1.807, 2.05) is 60.0 Å². The molecule has 176 valence electrons. The van der Waals surface area contributed by atoms with Crippen LogP contribution in [0.15, 0.2) is 77.3 Å². The Labute approximate surface area is 203 Å². The molecule has 0 fully saturated rings. The van der Waals surface area contributed by atoms with Crippen molar-refractivity contribution >= 4 is 17.4 Å². The van der Waals surface area contributed by atoms with Crippen LogP contribution in [0.25, 0.3) is 5.69 Å². The number of hydrogen-bond donors (Lipinski definition) is 2. The maximum absolute atomic E-state index is 6.98. The number of imidazole rings is 1. The van der Waals surface area contributed by atoms with Crippen LogP contribution in [-0.4, -0.2) is 54.7 Å². The second-order valence-electron chi connectivity index (χ2n) is 8.58. The number of rotatable bonds is 4. The zero-order valence-electron chi connectivity index (χ0n) is 19.3. The van der Waals surface area contributed by atoms with E-state index in [-0.39, 0.29) is 5.92 Å². The summed E-state index contributed by atoms with van der Waals surface area (Å²) in [5, 5.41) is 3.97. The highest BCUT2D eigenvalue weighted by atomic mass is 35.5. The third-order valence-corrected chi connectivity index (χ3v) is 6.35. The molecule has 2 atom stereocenters. The molecule has 5 rings (SSSR count). The second-order valence-corrected chi connectivity index (χ2v) is 8.97. The van der Waals surface area contributed by atoms with Gasteiger partial charge in [-0.1, -0.05) is 48.0 Å². The summed E-state index contributed by atoms with van der Waals surface area (Å²) in [7, 11) is 5.55. The predicted octanol–water partition coefficient (Wildman–Crippen LogP) is 3.23.